The normalized spacial score (nSPS) is 30.7. The first-order valence-corrected chi connectivity index (χ1v) is 3.50. The van der Waals surface area contributed by atoms with Crippen LogP contribution in [0.25, 0.3) is 0 Å². The Morgan fingerprint density at radius 2 is 2.10 bits per heavy atom. The van der Waals surface area contributed by atoms with E-state index in [1.54, 1.807) is 0 Å². The third kappa shape index (κ3) is 0.904. The number of aliphatic imine (C=N–C) groups is 1. The lowest BCUT2D eigenvalue weighted by atomic mass is 9.99. The number of hydrogen-bond donors (Lipinski definition) is 1. The van der Waals surface area contributed by atoms with Gasteiger partial charge in [0.15, 0.2) is 0 Å². The van der Waals surface area contributed by atoms with E-state index in [0.29, 0.717) is 5.84 Å². The Hall–Kier alpha value is -0.570. The number of amidine groups is 1. The van der Waals surface area contributed by atoms with Crippen LogP contribution in [0.3, 0.4) is 0 Å². The van der Waals surface area contributed by atoms with Crippen LogP contribution < -0.4 is 0 Å². The zero-order chi connectivity index (χ0) is 7.94. The van der Waals surface area contributed by atoms with Crippen LogP contribution in [0.4, 0.5) is 0 Å². The summed E-state index contributed by atoms with van der Waals surface area (Å²) in [5, 5.41) is 10.5. The number of hydrogen-bond acceptors (Lipinski definition) is 3. The fourth-order valence-electron chi connectivity index (χ4n) is 1.14. The van der Waals surface area contributed by atoms with E-state index in [-0.39, 0.29) is 11.6 Å². The molecule has 0 radical (unpaired) electrons. The molecule has 3 nitrogen and oxygen atoms in total. The summed E-state index contributed by atoms with van der Waals surface area (Å²) in [5.41, 5.74) is -0.140. The predicted molar refractivity (Wildman–Crippen MR) is 40.3 cm³/mol. The van der Waals surface area contributed by atoms with Crippen LogP contribution in [0.1, 0.15) is 27.7 Å². The molecule has 1 heterocycles. The van der Waals surface area contributed by atoms with Crippen LogP contribution in [-0.2, 0) is 0 Å². The van der Waals surface area contributed by atoms with E-state index in [4.69, 9.17) is 0 Å². The van der Waals surface area contributed by atoms with Gasteiger partial charge >= 0.3 is 0 Å². The van der Waals surface area contributed by atoms with E-state index in [1.165, 1.54) is 5.06 Å². The zero-order valence-electron chi connectivity index (χ0n) is 6.92. The first kappa shape index (κ1) is 7.54. The molecular weight excluding hydrogens is 128 g/mol. The van der Waals surface area contributed by atoms with E-state index in [0.717, 1.165) is 0 Å². The summed E-state index contributed by atoms with van der Waals surface area (Å²) >= 11 is 0. The van der Waals surface area contributed by atoms with Gasteiger partial charge in [0.1, 0.15) is 5.84 Å². The fraction of sp³-hybridized carbons (Fsp3) is 0.857. The second-order valence-electron chi connectivity index (χ2n) is 3.33. The molecule has 0 saturated carbocycles. The summed E-state index contributed by atoms with van der Waals surface area (Å²) in [6.07, 6.45) is 0. The SMILES string of the molecule is CC1=NC(C)(C)C(C)N1O. The maximum Gasteiger partial charge on any atom is 0.121 e. The third-order valence-corrected chi connectivity index (χ3v) is 2.17. The monoisotopic (exact) mass is 142 g/mol. The molecule has 1 atom stereocenters. The van der Waals surface area contributed by atoms with Crippen LogP contribution >= 0.6 is 0 Å². The van der Waals surface area contributed by atoms with Crippen LogP contribution in [0.2, 0.25) is 0 Å². The van der Waals surface area contributed by atoms with Gasteiger partial charge in [0.05, 0.1) is 11.6 Å². The second kappa shape index (κ2) is 1.95. The van der Waals surface area contributed by atoms with Crippen molar-refractivity contribution in [2.24, 2.45) is 4.99 Å². The number of hydroxylamine groups is 2. The molecule has 0 aliphatic carbocycles. The molecule has 0 aromatic heterocycles. The molecule has 0 aromatic carbocycles. The lowest BCUT2D eigenvalue weighted by molar-refractivity contribution is -0.0516. The highest BCUT2D eigenvalue weighted by molar-refractivity contribution is 5.81. The van der Waals surface area contributed by atoms with Crippen molar-refractivity contribution >= 4 is 5.84 Å². The van der Waals surface area contributed by atoms with Crippen LogP contribution in [0, 0.1) is 0 Å². The Balaban J connectivity index is 2.87. The highest BCUT2D eigenvalue weighted by Crippen LogP contribution is 2.25. The average molecular weight is 142 g/mol. The highest BCUT2D eigenvalue weighted by Gasteiger charge is 2.36. The topological polar surface area (TPSA) is 35.8 Å². The van der Waals surface area contributed by atoms with Crippen molar-refractivity contribution in [2.75, 3.05) is 0 Å². The van der Waals surface area contributed by atoms with Gasteiger partial charge in [0.25, 0.3) is 0 Å². The van der Waals surface area contributed by atoms with Crippen LogP contribution in [-0.4, -0.2) is 27.7 Å². The lowest BCUT2D eigenvalue weighted by Gasteiger charge is -2.24. The molecule has 0 bridgehead atoms. The first-order valence-electron chi connectivity index (χ1n) is 3.50. The van der Waals surface area contributed by atoms with Gasteiger partial charge in [0, 0.05) is 0 Å². The minimum atomic E-state index is -0.140. The van der Waals surface area contributed by atoms with Gasteiger partial charge in [-0.15, -0.1) is 0 Å². The Morgan fingerprint density at radius 1 is 1.60 bits per heavy atom. The number of nitrogens with zero attached hydrogens (tertiary/aromatic N) is 2. The van der Waals surface area contributed by atoms with E-state index >= 15 is 0 Å². The van der Waals surface area contributed by atoms with Crippen LogP contribution in [0.5, 0.6) is 0 Å². The van der Waals surface area contributed by atoms with Crippen LogP contribution in [0.15, 0.2) is 4.99 Å². The molecule has 1 aliphatic heterocycles. The maximum atomic E-state index is 9.30. The minimum absolute atomic E-state index is 0.0903. The smallest absolute Gasteiger partial charge is 0.121 e. The molecule has 10 heavy (non-hydrogen) atoms. The van der Waals surface area contributed by atoms with Gasteiger partial charge in [-0.2, -0.15) is 0 Å². The van der Waals surface area contributed by atoms with Gasteiger partial charge < -0.3 is 0 Å². The fourth-order valence-corrected chi connectivity index (χ4v) is 1.14. The average Bonchev–Trinajstić information content (AvgIpc) is 1.95. The molecule has 1 aliphatic rings. The van der Waals surface area contributed by atoms with Crippen molar-refractivity contribution in [2.45, 2.75) is 39.3 Å². The van der Waals surface area contributed by atoms with E-state index < -0.39 is 0 Å². The summed E-state index contributed by atoms with van der Waals surface area (Å²) in [4.78, 5) is 4.28. The van der Waals surface area contributed by atoms with Crippen molar-refractivity contribution in [3.8, 4) is 0 Å². The van der Waals surface area contributed by atoms with Gasteiger partial charge in [-0.1, -0.05) is 0 Å². The van der Waals surface area contributed by atoms with Crippen molar-refractivity contribution < 1.29 is 5.21 Å². The molecule has 0 saturated heterocycles. The summed E-state index contributed by atoms with van der Waals surface area (Å²) in [5.74, 6) is 0.706. The van der Waals surface area contributed by atoms with Crippen molar-refractivity contribution in [3.63, 3.8) is 0 Å². The van der Waals surface area contributed by atoms with E-state index in [1.807, 2.05) is 27.7 Å². The maximum absolute atomic E-state index is 9.30. The second-order valence-corrected chi connectivity index (χ2v) is 3.33. The van der Waals surface area contributed by atoms with E-state index in [9.17, 15) is 5.21 Å². The Kier molecular flexibility index (Phi) is 1.47. The largest absolute Gasteiger partial charge is 0.287 e. The van der Waals surface area contributed by atoms with Gasteiger partial charge in [-0.05, 0) is 27.7 Å². The molecule has 1 N–H and O–H groups in total. The van der Waals surface area contributed by atoms with Gasteiger partial charge in [-0.25, -0.2) is 5.06 Å². The molecule has 0 spiro atoms. The minimum Gasteiger partial charge on any atom is -0.287 e. The van der Waals surface area contributed by atoms with Gasteiger partial charge in [0.2, 0.25) is 0 Å². The summed E-state index contributed by atoms with van der Waals surface area (Å²) in [7, 11) is 0. The summed E-state index contributed by atoms with van der Waals surface area (Å²) < 4.78 is 0. The van der Waals surface area contributed by atoms with Crippen molar-refractivity contribution in [3.05, 3.63) is 0 Å². The Morgan fingerprint density at radius 3 is 2.20 bits per heavy atom. The standard InChI is InChI=1S/C7H14N2O/c1-5-7(3,4)8-6(2)9(5)10/h5,10H,1-4H3. The highest BCUT2D eigenvalue weighted by atomic mass is 16.5. The van der Waals surface area contributed by atoms with Gasteiger partial charge in [-0.3, -0.25) is 10.2 Å². The quantitative estimate of drug-likeness (QED) is 0.553. The zero-order valence-corrected chi connectivity index (χ0v) is 6.92. The summed E-state index contributed by atoms with van der Waals surface area (Å²) in [6.45, 7) is 7.79. The molecule has 1 rings (SSSR count). The molecular formula is C7H14N2O. The molecule has 1 unspecified atom stereocenters. The number of rotatable bonds is 0. The third-order valence-electron chi connectivity index (χ3n) is 2.17. The van der Waals surface area contributed by atoms with Crippen molar-refractivity contribution in [1.82, 2.24) is 5.06 Å². The molecule has 58 valence electrons. The first-order chi connectivity index (χ1) is 4.45. The molecule has 0 fully saturated rings. The predicted octanol–water partition coefficient (Wildman–Crippen LogP) is 1.28. The van der Waals surface area contributed by atoms with Crippen molar-refractivity contribution in [1.29, 1.82) is 0 Å². The Labute approximate surface area is 61.3 Å². The van der Waals surface area contributed by atoms with E-state index in [2.05, 4.69) is 4.99 Å². The molecule has 3 heteroatoms. The lowest BCUT2D eigenvalue weighted by Crippen LogP contribution is -2.38. The Bertz CT molecular complexity index is 174. The summed E-state index contributed by atoms with van der Waals surface area (Å²) in [6, 6.07) is 0.0903. The molecule has 0 aromatic rings. The molecule has 0 amide bonds.